The number of carbonyl (C=O) groups excluding carboxylic acids is 1. The van der Waals surface area contributed by atoms with Gasteiger partial charge in [-0.25, -0.2) is 4.79 Å². The maximum Gasteiger partial charge on any atom is 0.334 e. The van der Waals surface area contributed by atoms with Gasteiger partial charge in [0.05, 0.1) is 15.6 Å². The first kappa shape index (κ1) is 21.4. The molecule has 6 nitrogen and oxygen atoms in total. The molecule has 1 aromatic heterocycles. The van der Waals surface area contributed by atoms with Crippen LogP contribution < -0.4 is 5.32 Å². The second kappa shape index (κ2) is 8.36. The van der Waals surface area contributed by atoms with Gasteiger partial charge in [-0.1, -0.05) is 42.3 Å². The van der Waals surface area contributed by atoms with E-state index in [1.54, 1.807) is 12.1 Å². The van der Waals surface area contributed by atoms with Gasteiger partial charge < -0.3 is 15.5 Å². The lowest BCUT2D eigenvalue weighted by molar-refractivity contribution is -0.133. The molecule has 2 atom stereocenters. The maximum atomic E-state index is 13.4. The Morgan fingerprint density at radius 3 is 2.55 bits per heavy atom. The highest BCUT2D eigenvalue weighted by Crippen LogP contribution is 2.48. The molecule has 2 aromatic rings. The number of dihydropyridines is 1. The smallest absolute Gasteiger partial charge is 0.334 e. The number of aromatic hydroxyl groups is 1. The molecule has 0 bridgehead atoms. The first-order valence-corrected chi connectivity index (χ1v) is 10.6. The lowest BCUT2D eigenvalue weighted by Crippen LogP contribution is -2.36. The third kappa shape index (κ3) is 3.82. The second-order valence-electron chi connectivity index (χ2n) is 7.64. The van der Waals surface area contributed by atoms with Crippen molar-refractivity contribution in [1.82, 2.24) is 10.3 Å². The van der Waals surface area contributed by atoms with Crippen LogP contribution in [0.4, 0.5) is 0 Å². The number of hydrogen-bond acceptors (Lipinski definition) is 5. The van der Waals surface area contributed by atoms with Crippen molar-refractivity contribution in [3.63, 3.8) is 0 Å². The van der Waals surface area contributed by atoms with Gasteiger partial charge in [0.2, 0.25) is 0 Å². The van der Waals surface area contributed by atoms with E-state index in [9.17, 15) is 19.8 Å². The Morgan fingerprint density at radius 1 is 1.23 bits per heavy atom. The summed E-state index contributed by atoms with van der Waals surface area (Å²) in [5, 5.41) is 24.0. The number of phenolic OH excluding ortho intramolecular Hbond substituents is 1. The van der Waals surface area contributed by atoms with E-state index in [0.717, 1.165) is 0 Å². The number of aromatic nitrogens is 1. The van der Waals surface area contributed by atoms with Crippen LogP contribution in [0.5, 0.6) is 5.75 Å². The number of hydrogen-bond donors (Lipinski definition) is 3. The number of benzene rings is 1. The quantitative estimate of drug-likeness (QED) is 0.600. The summed E-state index contributed by atoms with van der Waals surface area (Å²) in [4.78, 5) is 29.6. The number of ketones is 1. The zero-order valence-electron chi connectivity index (χ0n) is 16.7. The van der Waals surface area contributed by atoms with Crippen LogP contribution in [0, 0.1) is 0 Å². The summed E-state index contributed by atoms with van der Waals surface area (Å²) in [5.74, 6) is -2.29. The second-order valence-corrected chi connectivity index (χ2v) is 8.46. The fourth-order valence-corrected chi connectivity index (χ4v) is 5.21. The number of carboxylic acids is 1. The first-order valence-electron chi connectivity index (χ1n) is 9.89. The van der Waals surface area contributed by atoms with E-state index in [0.29, 0.717) is 51.0 Å². The number of carboxylic acid groups (broad SMARTS) is 1. The Hall–Kier alpha value is -2.83. The Morgan fingerprint density at radius 2 is 1.94 bits per heavy atom. The molecule has 0 fully saturated rings. The molecule has 4 rings (SSSR count). The minimum Gasteiger partial charge on any atom is -0.508 e. The zero-order chi connectivity index (χ0) is 22.3. The van der Waals surface area contributed by atoms with Crippen LogP contribution in [-0.2, 0) is 9.59 Å². The van der Waals surface area contributed by atoms with Crippen molar-refractivity contribution in [2.45, 2.75) is 38.0 Å². The van der Waals surface area contributed by atoms with E-state index in [2.05, 4.69) is 10.3 Å². The number of carbonyl (C=O) groups is 2. The molecule has 2 heterocycles. The highest BCUT2D eigenvalue weighted by molar-refractivity contribution is 6.36. The highest BCUT2D eigenvalue weighted by Gasteiger charge is 2.42. The van der Waals surface area contributed by atoms with Crippen LogP contribution in [0.25, 0.3) is 0 Å². The molecule has 1 aliphatic heterocycles. The van der Waals surface area contributed by atoms with Crippen LogP contribution in [0.15, 0.2) is 59.2 Å². The molecule has 0 saturated carbocycles. The molecule has 2 aliphatic rings. The van der Waals surface area contributed by atoms with Gasteiger partial charge in [0.1, 0.15) is 5.75 Å². The third-order valence-electron chi connectivity index (χ3n) is 5.80. The van der Waals surface area contributed by atoms with E-state index in [1.165, 1.54) is 24.5 Å². The zero-order valence-corrected chi connectivity index (χ0v) is 18.2. The molecule has 1 aliphatic carbocycles. The number of pyridine rings is 1. The number of halogens is 2. The number of phenols is 1. The molecular weight excluding hydrogens is 439 g/mol. The summed E-state index contributed by atoms with van der Waals surface area (Å²) in [7, 11) is 0. The van der Waals surface area contributed by atoms with Crippen LogP contribution in [0.1, 0.15) is 49.1 Å². The number of aliphatic carboxylic acids is 1. The molecule has 3 N–H and O–H groups in total. The van der Waals surface area contributed by atoms with Gasteiger partial charge in [0.15, 0.2) is 5.78 Å². The summed E-state index contributed by atoms with van der Waals surface area (Å²) < 4.78 is 0. The van der Waals surface area contributed by atoms with Crippen molar-refractivity contribution in [3.05, 3.63) is 80.4 Å². The van der Waals surface area contributed by atoms with E-state index in [1.807, 2.05) is 6.92 Å². The van der Waals surface area contributed by atoms with Crippen molar-refractivity contribution in [1.29, 1.82) is 0 Å². The van der Waals surface area contributed by atoms with Crippen molar-refractivity contribution >= 4 is 35.0 Å². The average Bonchev–Trinajstić information content (AvgIpc) is 2.72. The lowest BCUT2D eigenvalue weighted by atomic mass is 9.71. The molecule has 1 aromatic carbocycles. The minimum absolute atomic E-state index is 0.0115. The molecule has 31 heavy (non-hydrogen) atoms. The molecule has 2 unspecified atom stereocenters. The normalized spacial score (nSPS) is 21.1. The number of rotatable bonds is 4. The summed E-state index contributed by atoms with van der Waals surface area (Å²) in [6.45, 7) is 1.86. The van der Waals surface area contributed by atoms with Gasteiger partial charge in [-0.3, -0.25) is 9.78 Å². The predicted molar refractivity (Wildman–Crippen MR) is 117 cm³/mol. The summed E-state index contributed by atoms with van der Waals surface area (Å²) >= 11 is 12.7. The van der Waals surface area contributed by atoms with E-state index >= 15 is 0 Å². The molecule has 0 saturated heterocycles. The molecule has 0 spiro atoms. The van der Waals surface area contributed by atoms with Crippen molar-refractivity contribution in [2.24, 2.45) is 0 Å². The topological polar surface area (TPSA) is 99.5 Å². The van der Waals surface area contributed by atoms with Gasteiger partial charge in [-0.15, -0.1) is 0 Å². The Labute approximate surface area is 189 Å². The molecule has 0 amide bonds. The maximum absolute atomic E-state index is 13.4. The van der Waals surface area contributed by atoms with Crippen LogP contribution >= 0.6 is 23.2 Å². The average molecular weight is 459 g/mol. The minimum atomic E-state index is -1.10. The van der Waals surface area contributed by atoms with E-state index < -0.39 is 11.9 Å². The molecule has 0 radical (unpaired) electrons. The van der Waals surface area contributed by atoms with Crippen molar-refractivity contribution < 1.29 is 19.8 Å². The number of nitrogens with zero attached hydrogens (tertiary/aromatic N) is 1. The Bertz CT molecular complexity index is 1140. The van der Waals surface area contributed by atoms with Gasteiger partial charge in [-0.05, 0) is 42.0 Å². The summed E-state index contributed by atoms with van der Waals surface area (Å²) in [5.41, 5.74) is 2.97. The Kier molecular flexibility index (Phi) is 5.77. The van der Waals surface area contributed by atoms with Gasteiger partial charge >= 0.3 is 5.97 Å². The molecule has 8 heteroatoms. The van der Waals surface area contributed by atoms with Crippen LogP contribution in [-0.4, -0.2) is 26.9 Å². The van der Waals surface area contributed by atoms with Gasteiger partial charge in [0.25, 0.3) is 0 Å². The third-order valence-corrected chi connectivity index (χ3v) is 6.40. The predicted octanol–water partition coefficient (Wildman–Crippen LogP) is 4.93. The number of nitrogens with one attached hydrogen (secondary N) is 1. The van der Waals surface area contributed by atoms with Crippen molar-refractivity contribution in [2.75, 3.05) is 0 Å². The van der Waals surface area contributed by atoms with Crippen molar-refractivity contribution in [3.8, 4) is 5.75 Å². The van der Waals surface area contributed by atoms with Gasteiger partial charge in [0, 0.05) is 41.7 Å². The number of Topliss-reactive ketones (excluding diaryl/α,β-unsaturated/α-hetero) is 1. The fraction of sp³-hybridized carbons (Fsp3) is 0.261. The number of allylic oxidation sites excluding steroid dienone is 3. The fourth-order valence-electron chi connectivity index (χ4n) is 4.54. The van der Waals surface area contributed by atoms with Crippen LogP contribution in [0.2, 0.25) is 10.0 Å². The standard InChI is InChI=1S/C23H20Cl2N2O4/c1-2-16-22(23(30)31)20(11-4-3-5-13(28)6-11)21-17(27-16)7-12(8-18(21)29)19-14(24)9-26-10-15(19)25/h3-6,9-10,12,20,27-28H,2,7-8H2,1H3,(H,30,31). The SMILES string of the molecule is CCC1=C(C(=O)O)C(c2cccc(O)c2)C2=C(CC(c3c(Cl)cncc3Cl)CC2=O)N1. The first-order chi connectivity index (χ1) is 14.8. The van der Waals surface area contributed by atoms with Crippen LogP contribution in [0.3, 0.4) is 0 Å². The molecular formula is C23H20Cl2N2O4. The van der Waals surface area contributed by atoms with E-state index in [-0.39, 0.29) is 29.4 Å². The monoisotopic (exact) mass is 458 g/mol. The van der Waals surface area contributed by atoms with E-state index in [4.69, 9.17) is 23.2 Å². The van der Waals surface area contributed by atoms with Gasteiger partial charge in [-0.2, -0.15) is 0 Å². The highest BCUT2D eigenvalue weighted by atomic mass is 35.5. The lowest BCUT2D eigenvalue weighted by Gasteiger charge is -2.37. The largest absolute Gasteiger partial charge is 0.508 e. The summed E-state index contributed by atoms with van der Waals surface area (Å²) in [6.07, 6.45) is 4.05. The molecule has 160 valence electrons. The summed E-state index contributed by atoms with van der Waals surface area (Å²) in [6, 6.07) is 6.39. The Balaban J connectivity index is 1.86.